The molecular weight excluding hydrogens is 293 g/mol. The number of hydrogen-bond donors (Lipinski definition) is 1. The van der Waals surface area contributed by atoms with E-state index in [2.05, 4.69) is 0 Å². The van der Waals surface area contributed by atoms with Crippen molar-refractivity contribution in [3.05, 3.63) is 35.9 Å². The van der Waals surface area contributed by atoms with Gasteiger partial charge in [0.15, 0.2) is 5.78 Å². The van der Waals surface area contributed by atoms with Gasteiger partial charge in [0, 0.05) is 5.41 Å². The lowest BCUT2D eigenvalue weighted by Crippen LogP contribution is -2.48. The van der Waals surface area contributed by atoms with E-state index in [1.807, 2.05) is 0 Å². The number of aliphatic hydroxyl groups excluding tert-OH is 1. The maximum atomic E-state index is 13.3. The van der Waals surface area contributed by atoms with E-state index in [1.165, 1.54) is 27.7 Å². The number of rotatable bonds is 6. The van der Waals surface area contributed by atoms with Crippen molar-refractivity contribution >= 4 is 5.78 Å². The molecule has 0 aliphatic rings. The summed E-state index contributed by atoms with van der Waals surface area (Å²) in [5, 5.41) is 9.88. The van der Waals surface area contributed by atoms with Gasteiger partial charge in [0.2, 0.25) is 0 Å². The van der Waals surface area contributed by atoms with Gasteiger partial charge in [-0.2, -0.15) is 13.2 Å². The number of halogens is 3. The zero-order chi connectivity index (χ0) is 17.1. The van der Waals surface area contributed by atoms with Gasteiger partial charge < -0.3 is 5.11 Å². The van der Waals surface area contributed by atoms with Crippen LogP contribution >= 0.6 is 0 Å². The van der Waals surface area contributed by atoms with Crippen LogP contribution in [0.1, 0.15) is 33.3 Å². The van der Waals surface area contributed by atoms with E-state index in [4.69, 9.17) is 0 Å². The van der Waals surface area contributed by atoms with Crippen molar-refractivity contribution in [2.45, 2.75) is 46.4 Å². The third kappa shape index (κ3) is 4.57. The Kier molecular flexibility index (Phi) is 5.79. The van der Waals surface area contributed by atoms with Crippen molar-refractivity contribution in [3.63, 3.8) is 0 Å². The molecular formula is C17H23F3O2. The Bertz CT molecular complexity index is 492. The Morgan fingerprint density at radius 2 is 1.64 bits per heavy atom. The summed E-state index contributed by atoms with van der Waals surface area (Å²) in [6, 6.07) is 8.91. The van der Waals surface area contributed by atoms with Crippen LogP contribution in [-0.4, -0.2) is 23.2 Å². The number of Topliss-reactive ketones (excluding diaryl/α,β-unsaturated/α-hetero) is 1. The maximum absolute atomic E-state index is 13.3. The van der Waals surface area contributed by atoms with Crippen LogP contribution in [0.4, 0.5) is 13.2 Å². The fourth-order valence-corrected chi connectivity index (χ4v) is 2.50. The predicted molar refractivity (Wildman–Crippen MR) is 79.3 cm³/mol. The lowest BCUT2D eigenvalue weighted by molar-refractivity contribution is -0.209. The van der Waals surface area contributed by atoms with Crippen LogP contribution in [-0.2, 0) is 11.2 Å². The zero-order valence-corrected chi connectivity index (χ0v) is 13.3. The van der Waals surface area contributed by atoms with E-state index < -0.39 is 35.3 Å². The van der Waals surface area contributed by atoms with Gasteiger partial charge in [-0.1, -0.05) is 58.0 Å². The molecule has 2 nitrogen and oxygen atoms in total. The summed E-state index contributed by atoms with van der Waals surface area (Å²) in [7, 11) is 0. The van der Waals surface area contributed by atoms with Crippen LogP contribution < -0.4 is 0 Å². The van der Waals surface area contributed by atoms with Gasteiger partial charge >= 0.3 is 6.18 Å². The maximum Gasteiger partial charge on any atom is 0.401 e. The van der Waals surface area contributed by atoms with Crippen molar-refractivity contribution in [2.75, 3.05) is 0 Å². The molecule has 5 heteroatoms. The Labute approximate surface area is 129 Å². The summed E-state index contributed by atoms with van der Waals surface area (Å²) in [5.41, 5.74) is -0.418. The van der Waals surface area contributed by atoms with Crippen LogP contribution in [0, 0.1) is 17.3 Å². The highest BCUT2D eigenvalue weighted by molar-refractivity contribution is 5.87. The normalized spacial score (nSPS) is 15.7. The molecule has 124 valence electrons. The van der Waals surface area contributed by atoms with Gasteiger partial charge in [-0.15, -0.1) is 0 Å². The minimum Gasteiger partial charge on any atom is -0.392 e. The molecule has 2 atom stereocenters. The Morgan fingerprint density at radius 3 is 2.05 bits per heavy atom. The topological polar surface area (TPSA) is 37.3 Å². The molecule has 1 aromatic carbocycles. The predicted octanol–water partition coefficient (Wildman–Crippen LogP) is 4.02. The van der Waals surface area contributed by atoms with Gasteiger partial charge in [0.1, 0.15) is 5.92 Å². The van der Waals surface area contributed by atoms with E-state index >= 15 is 0 Å². The molecule has 0 aromatic heterocycles. The van der Waals surface area contributed by atoms with Crippen molar-refractivity contribution in [2.24, 2.45) is 17.3 Å². The standard InChI is InChI=1S/C17H23F3O2/c1-11(2)14(21)13(17(18,19)20)15(22)16(3,4)10-12-8-6-5-7-9-12/h5-9,11,13-14,21H,10H2,1-4H3/t13-,14?/m0/s1. The van der Waals surface area contributed by atoms with Gasteiger partial charge in [0.05, 0.1) is 6.10 Å². The average Bonchev–Trinajstić information content (AvgIpc) is 2.37. The van der Waals surface area contributed by atoms with E-state index in [0.717, 1.165) is 5.56 Å². The molecule has 22 heavy (non-hydrogen) atoms. The van der Waals surface area contributed by atoms with E-state index in [1.54, 1.807) is 30.3 Å². The zero-order valence-electron chi connectivity index (χ0n) is 13.3. The highest BCUT2D eigenvalue weighted by Gasteiger charge is 2.53. The molecule has 0 aliphatic heterocycles. The first-order chi connectivity index (χ1) is 9.97. The molecule has 1 rings (SSSR count). The number of ketones is 1. The number of hydrogen-bond acceptors (Lipinski definition) is 2. The fraction of sp³-hybridized carbons (Fsp3) is 0.588. The van der Waals surface area contributed by atoms with Crippen molar-refractivity contribution in [1.29, 1.82) is 0 Å². The smallest absolute Gasteiger partial charge is 0.392 e. The number of benzene rings is 1. The summed E-state index contributed by atoms with van der Waals surface area (Å²) in [5.74, 6) is -3.97. The van der Waals surface area contributed by atoms with Gasteiger partial charge in [-0.25, -0.2) is 0 Å². The highest BCUT2D eigenvalue weighted by atomic mass is 19.4. The number of aliphatic hydroxyl groups is 1. The molecule has 0 bridgehead atoms. The SMILES string of the molecule is CC(C)C(O)[C@@H](C(=O)C(C)(C)Cc1ccccc1)C(F)(F)F. The molecule has 1 N–H and O–H groups in total. The minimum absolute atomic E-state index is 0.198. The van der Waals surface area contributed by atoms with Gasteiger partial charge in [-0.05, 0) is 17.9 Å². The van der Waals surface area contributed by atoms with Crippen LogP contribution in [0.15, 0.2) is 30.3 Å². The summed E-state index contributed by atoms with van der Waals surface area (Å²) >= 11 is 0. The molecule has 0 radical (unpaired) electrons. The number of carbonyl (C=O) groups is 1. The lowest BCUT2D eigenvalue weighted by Gasteiger charge is -2.33. The summed E-state index contributed by atoms with van der Waals surface area (Å²) in [6.07, 6.45) is -6.29. The van der Waals surface area contributed by atoms with E-state index in [-0.39, 0.29) is 6.42 Å². The molecule has 0 heterocycles. The molecule has 0 saturated heterocycles. The molecule has 0 spiro atoms. The largest absolute Gasteiger partial charge is 0.401 e. The summed E-state index contributed by atoms with van der Waals surface area (Å²) in [6.45, 7) is 5.93. The first kappa shape index (κ1) is 18.7. The van der Waals surface area contributed by atoms with Crippen molar-refractivity contribution in [1.82, 2.24) is 0 Å². The third-order valence-electron chi connectivity index (χ3n) is 3.82. The van der Waals surface area contributed by atoms with Crippen LogP contribution in [0.25, 0.3) is 0 Å². The van der Waals surface area contributed by atoms with E-state index in [9.17, 15) is 23.1 Å². The summed E-state index contributed by atoms with van der Waals surface area (Å²) in [4.78, 5) is 12.5. The second-order valence-corrected chi connectivity index (χ2v) is 6.66. The van der Waals surface area contributed by atoms with Crippen LogP contribution in [0.3, 0.4) is 0 Å². The van der Waals surface area contributed by atoms with Crippen LogP contribution in [0.5, 0.6) is 0 Å². The highest BCUT2D eigenvalue weighted by Crippen LogP contribution is 2.38. The molecule has 0 fully saturated rings. The monoisotopic (exact) mass is 316 g/mol. The van der Waals surface area contributed by atoms with Crippen molar-refractivity contribution in [3.8, 4) is 0 Å². The minimum atomic E-state index is -4.76. The lowest BCUT2D eigenvalue weighted by atomic mass is 9.73. The third-order valence-corrected chi connectivity index (χ3v) is 3.82. The molecule has 0 saturated carbocycles. The number of carbonyl (C=O) groups excluding carboxylic acids is 1. The quantitative estimate of drug-likeness (QED) is 0.860. The number of alkyl halides is 3. The summed E-state index contributed by atoms with van der Waals surface area (Å²) < 4.78 is 39.8. The first-order valence-corrected chi connectivity index (χ1v) is 7.30. The fourth-order valence-electron chi connectivity index (χ4n) is 2.50. The van der Waals surface area contributed by atoms with Gasteiger partial charge in [0.25, 0.3) is 0 Å². The van der Waals surface area contributed by atoms with E-state index in [0.29, 0.717) is 0 Å². The molecule has 0 aliphatic carbocycles. The molecule has 0 amide bonds. The Hall–Kier alpha value is -1.36. The van der Waals surface area contributed by atoms with Crippen molar-refractivity contribution < 1.29 is 23.1 Å². The second-order valence-electron chi connectivity index (χ2n) is 6.66. The second kappa shape index (κ2) is 6.82. The molecule has 1 aromatic rings. The average molecular weight is 316 g/mol. The molecule has 1 unspecified atom stereocenters. The van der Waals surface area contributed by atoms with Crippen LogP contribution in [0.2, 0.25) is 0 Å². The van der Waals surface area contributed by atoms with Gasteiger partial charge in [-0.3, -0.25) is 4.79 Å². The Morgan fingerprint density at radius 1 is 1.14 bits per heavy atom. The first-order valence-electron chi connectivity index (χ1n) is 7.30. The Balaban J connectivity index is 3.06.